The molecule has 332 valence electrons. The number of carbonyl (C=O) groups is 4. The van der Waals surface area contributed by atoms with Crippen LogP contribution in [-0.2, 0) is 35.6 Å². The number of nitrogens with zero attached hydrogens (tertiary/aromatic N) is 2. The molecule has 16 heteroatoms. The molecule has 2 bridgehead atoms. The summed E-state index contributed by atoms with van der Waals surface area (Å²) in [6.45, 7) is 12.2. The van der Waals surface area contributed by atoms with E-state index < -0.39 is 73.6 Å². The molecule has 4 aliphatic carbocycles. The molecule has 1 aromatic carbocycles. The zero-order valence-corrected chi connectivity index (χ0v) is 36.7. The number of fused-ring (bicyclic) bond motifs is 5. The van der Waals surface area contributed by atoms with Crippen molar-refractivity contribution in [2.45, 2.75) is 152 Å². The number of carbonyl (C=O) groups excluding carboxylic acids is 4. The summed E-state index contributed by atoms with van der Waals surface area (Å²) in [7, 11) is -4.01. The minimum absolute atomic E-state index is 0.0291. The Morgan fingerprint density at radius 2 is 1.85 bits per heavy atom. The lowest BCUT2D eigenvalue weighted by atomic mass is 9.85. The third-order valence-corrected chi connectivity index (χ3v) is 15.6. The normalized spacial score (nSPS) is 29.9. The van der Waals surface area contributed by atoms with Crippen molar-refractivity contribution in [3.05, 3.63) is 42.5 Å². The quantitative estimate of drug-likeness (QED) is 0.169. The maximum absolute atomic E-state index is 14.8. The molecular formula is C45H62N6O9S. The van der Waals surface area contributed by atoms with Crippen LogP contribution in [0.2, 0.25) is 0 Å². The second-order valence-electron chi connectivity index (χ2n) is 19.5. The first-order valence-electron chi connectivity index (χ1n) is 22.3. The number of para-hydroxylation sites is 1. The van der Waals surface area contributed by atoms with Crippen LogP contribution < -0.4 is 30.1 Å². The Kier molecular flexibility index (Phi) is 11.8. The standard InChI is InChI=1S/C45H62N6O9S/c1-6-28-25-45(28,41(54)50-61(56,57)44(5)19-20-44)49-38(52)34-24-30-26-51(34)40(53)37(43(2,3)4)48-42(55)60-35-23-27(35)13-8-7-9-15-32-36(58-22-12-21-46-29-17-18-29)31-14-10-11-16-33(31)47-39(32)59-30/h6,10-11,14,16,27-30,34-35,37,46H,1,7-9,12-13,15,17-26H2,2-5H3,(H,48,55)(H,49,52)(H,50,54)/t27-,28-,30-,34+,35-,37-,45-/m1/s1. The summed E-state index contributed by atoms with van der Waals surface area (Å²) in [6, 6.07) is 6.16. The molecule has 15 nitrogen and oxygen atoms in total. The smallest absolute Gasteiger partial charge is 0.408 e. The van der Waals surface area contributed by atoms with E-state index in [-0.39, 0.29) is 31.4 Å². The Balaban J connectivity index is 1.12. The van der Waals surface area contributed by atoms with Crippen molar-refractivity contribution < 1.29 is 41.8 Å². The summed E-state index contributed by atoms with van der Waals surface area (Å²) in [6.07, 6.45) is 9.21. The number of rotatable bonds is 12. The van der Waals surface area contributed by atoms with Crippen molar-refractivity contribution in [3.8, 4) is 11.6 Å². The summed E-state index contributed by atoms with van der Waals surface area (Å²) < 4.78 is 46.8. The molecule has 0 radical (unpaired) electrons. The van der Waals surface area contributed by atoms with E-state index in [0.717, 1.165) is 61.8 Å². The fourth-order valence-electron chi connectivity index (χ4n) is 8.83. The molecule has 4 amide bonds. The van der Waals surface area contributed by atoms with E-state index in [9.17, 15) is 27.6 Å². The first-order valence-corrected chi connectivity index (χ1v) is 23.7. The molecule has 3 heterocycles. The van der Waals surface area contributed by atoms with E-state index in [1.54, 1.807) is 6.92 Å². The van der Waals surface area contributed by atoms with Gasteiger partial charge >= 0.3 is 6.09 Å². The topological polar surface area (TPSA) is 194 Å². The SMILES string of the molecule is C=C[C@@H]1C[C@]1(NC(=O)[C@@H]1C[C@@H]2CN1C(=O)[C@H](C(C)(C)C)NC(=O)O[C@@H]1C[C@H]1CCCCCc1c(nc3ccccc3c1OCCCNC1CC1)O2)C(=O)NS(=O)(=O)C1(C)CC1. The third kappa shape index (κ3) is 9.35. The van der Waals surface area contributed by atoms with Crippen LogP contribution in [-0.4, -0.2) is 102 Å². The lowest BCUT2D eigenvalue weighted by molar-refractivity contribution is -0.142. The van der Waals surface area contributed by atoms with Crippen LogP contribution in [0.1, 0.15) is 110 Å². The number of hydrogen-bond donors (Lipinski definition) is 4. The van der Waals surface area contributed by atoms with Gasteiger partial charge < -0.3 is 35.1 Å². The van der Waals surface area contributed by atoms with Crippen LogP contribution >= 0.6 is 0 Å². The summed E-state index contributed by atoms with van der Waals surface area (Å²) in [5, 5.41) is 10.1. The molecule has 1 saturated heterocycles. The van der Waals surface area contributed by atoms with E-state index in [0.29, 0.717) is 43.3 Å². The van der Waals surface area contributed by atoms with Gasteiger partial charge in [0.1, 0.15) is 35.6 Å². The molecule has 7 atom stereocenters. The number of pyridine rings is 1. The lowest BCUT2D eigenvalue weighted by Gasteiger charge is -2.35. The Labute approximate surface area is 358 Å². The van der Waals surface area contributed by atoms with Gasteiger partial charge in [-0.2, -0.15) is 0 Å². The van der Waals surface area contributed by atoms with E-state index in [4.69, 9.17) is 19.2 Å². The molecule has 6 aliphatic rings. The summed E-state index contributed by atoms with van der Waals surface area (Å²) in [5.41, 5.74) is -0.846. The first kappa shape index (κ1) is 43.2. The zero-order valence-electron chi connectivity index (χ0n) is 35.9. The monoisotopic (exact) mass is 862 g/mol. The molecule has 0 unspecified atom stereocenters. The van der Waals surface area contributed by atoms with Crippen LogP contribution in [0.15, 0.2) is 36.9 Å². The number of nitrogens with one attached hydrogen (secondary N) is 4. The van der Waals surface area contributed by atoms with Gasteiger partial charge in [0, 0.05) is 23.8 Å². The molecule has 1 aromatic heterocycles. The van der Waals surface area contributed by atoms with Gasteiger partial charge in [-0.15, -0.1) is 6.58 Å². The largest absolute Gasteiger partial charge is 0.492 e. The Bertz CT molecular complexity index is 2170. The van der Waals surface area contributed by atoms with Gasteiger partial charge in [-0.25, -0.2) is 18.2 Å². The Hall–Kier alpha value is -4.44. The average Bonchev–Trinajstić information content (AvgIpc) is 4.04. The van der Waals surface area contributed by atoms with Crippen LogP contribution in [0, 0.1) is 17.3 Å². The molecule has 8 rings (SSSR count). The highest BCUT2D eigenvalue weighted by molar-refractivity contribution is 7.91. The average molecular weight is 863 g/mol. The Morgan fingerprint density at radius 1 is 1.08 bits per heavy atom. The van der Waals surface area contributed by atoms with E-state index in [1.807, 2.05) is 45.0 Å². The fraction of sp³-hybridized carbons (Fsp3) is 0.667. The van der Waals surface area contributed by atoms with E-state index >= 15 is 0 Å². The number of amides is 4. The minimum Gasteiger partial charge on any atom is -0.492 e. The highest BCUT2D eigenvalue weighted by Gasteiger charge is 2.63. The van der Waals surface area contributed by atoms with E-state index in [1.165, 1.54) is 23.8 Å². The molecule has 61 heavy (non-hydrogen) atoms. The molecular weight excluding hydrogens is 801 g/mol. The number of ether oxygens (including phenoxy) is 3. The third-order valence-electron chi connectivity index (χ3n) is 13.5. The van der Waals surface area contributed by atoms with Crippen molar-refractivity contribution in [3.63, 3.8) is 0 Å². The second kappa shape index (κ2) is 16.7. The van der Waals surface area contributed by atoms with Gasteiger partial charge in [-0.3, -0.25) is 19.1 Å². The second-order valence-corrected chi connectivity index (χ2v) is 21.7. The lowest BCUT2D eigenvalue weighted by Crippen LogP contribution is -2.60. The van der Waals surface area contributed by atoms with Crippen LogP contribution in [0.4, 0.5) is 4.79 Å². The number of alkyl carbamates (subject to hydrolysis) is 1. The molecule has 5 fully saturated rings. The summed E-state index contributed by atoms with van der Waals surface area (Å²) >= 11 is 0. The van der Waals surface area contributed by atoms with Crippen molar-refractivity contribution >= 4 is 44.7 Å². The van der Waals surface area contributed by atoms with Crippen molar-refractivity contribution in [1.29, 1.82) is 0 Å². The van der Waals surface area contributed by atoms with Gasteiger partial charge in [0.05, 0.1) is 29.0 Å². The van der Waals surface area contributed by atoms with Crippen molar-refractivity contribution in [1.82, 2.24) is 30.6 Å². The van der Waals surface area contributed by atoms with Crippen LogP contribution in [0.3, 0.4) is 0 Å². The predicted molar refractivity (Wildman–Crippen MR) is 228 cm³/mol. The predicted octanol–water partition coefficient (Wildman–Crippen LogP) is 4.81. The maximum atomic E-state index is 14.8. The van der Waals surface area contributed by atoms with Crippen LogP contribution in [0.5, 0.6) is 11.6 Å². The number of hydrogen-bond acceptors (Lipinski definition) is 11. The molecule has 4 N–H and O–H groups in total. The maximum Gasteiger partial charge on any atom is 0.408 e. The van der Waals surface area contributed by atoms with Gasteiger partial charge in [-0.05, 0) is 101 Å². The fourth-order valence-corrected chi connectivity index (χ4v) is 10.1. The number of benzene rings is 1. The number of sulfonamides is 1. The molecule has 2 aromatic rings. The van der Waals surface area contributed by atoms with Crippen LogP contribution in [0.25, 0.3) is 10.9 Å². The van der Waals surface area contributed by atoms with E-state index in [2.05, 4.69) is 27.3 Å². The number of aromatic nitrogens is 1. The highest BCUT2D eigenvalue weighted by Crippen LogP contribution is 2.47. The van der Waals surface area contributed by atoms with Gasteiger partial charge in [-0.1, -0.05) is 51.8 Å². The summed E-state index contributed by atoms with van der Waals surface area (Å²) in [4.78, 5) is 63.0. The van der Waals surface area contributed by atoms with Gasteiger partial charge in [0.2, 0.25) is 27.7 Å². The molecule has 2 aliphatic heterocycles. The molecule has 0 spiro atoms. The van der Waals surface area contributed by atoms with Gasteiger partial charge in [0.25, 0.3) is 5.91 Å². The van der Waals surface area contributed by atoms with Gasteiger partial charge in [0.15, 0.2) is 0 Å². The Morgan fingerprint density at radius 3 is 2.56 bits per heavy atom. The molecule has 4 saturated carbocycles. The highest BCUT2D eigenvalue weighted by atomic mass is 32.2. The van der Waals surface area contributed by atoms with Crippen molar-refractivity contribution in [2.75, 3.05) is 19.7 Å². The first-order chi connectivity index (χ1) is 29.0. The minimum atomic E-state index is -4.01. The zero-order chi connectivity index (χ0) is 43.3. The van der Waals surface area contributed by atoms with Crippen molar-refractivity contribution in [2.24, 2.45) is 17.3 Å². The summed E-state index contributed by atoms with van der Waals surface area (Å²) in [5.74, 6) is -1.18.